The van der Waals surface area contributed by atoms with Crippen molar-refractivity contribution in [2.75, 3.05) is 13.2 Å². The molecule has 1 atom stereocenters. The molecule has 0 N–H and O–H groups in total. The molecule has 0 amide bonds. The average molecular weight is 956 g/mol. The lowest BCUT2D eigenvalue weighted by atomic mass is 10.0. The molecule has 69 heavy (non-hydrogen) atoms. The zero-order valence-electron chi connectivity index (χ0n) is 44.5. The standard InChI is InChI=1S/C63H102O6/c1-4-7-10-13-16-19-22-25-28-30-32-35-38-41-44-47-50-53-56-62(65)68-59-60(58-67-61(64)55-52-49-46-43-40-37-34-27-24-21-18-15-12-9-6-3)69-63(66)57-54-51-48-45-42-39-36-33-31-29-26-23-20-17-14-11-8-5-2/h9-10,12-13,15-16,18-19,21-22,24-25,27-28,30,32,34-35,37,40,60H,4-8,11,14,17,20,23,26,29,31,33,36,38-39,41-59H2,1-3H3/b12-9-,13-10-,18-15-,19-16-,24-21-,25-22-,30-28-,34-27-,35-32-,40-37-. The Bertz CT molecular complexity index is 1470. The molecule has 0 bridgehead atoms. The van der Waals surface area contributed by atoms with Gasteiger partial charge >= 0.3 is 17.9 Å². The van der Waals surface area contributed by atoms with Crippen LogP contribution in [0.25, 0.3) is 0 Å². The summed E-state index contributed by atoms with van der Waals surface area (Å²) in [6.45, 7) is 6.36. The first-order valence-corrected chi connectivity index (χ1v) is 28.2. The Kier molecular flexibility index (Phi) is 53.0. The van der Waals surface area contributed by atoms with E-state index in [1.54, 1.807) is 0 Å². The van der Waals surface area contributed by atoms with Gasteiger partial charge in [0.05, 0.1) is 0 Å². The van der Waals surface area contributed by atoms with Crippen LogP contribution in [0.4, 0.5) is 0 Å². The van der Waals surface area contributed by atoms with Crippen LogP contribution in [-0.4, -0.2) is 37.2 Å². The highest BCUT2D eigenvalue weighted by atomic mass is 16.6. The van der Waals surface area contributed by atoms with E-state index in [1.807, 2.05) is 72.9 Å². The molecular formula is C63H102O6. The van der Waals surface area contributed by atoms with E-state index in [4.69, 9.17) is 14.2 Å². The van der Waals surface area contributed by atoms with Gasteiger partial charge in [-0.15, -0.1) is 0 Å². The molecule has 0 aromatic heterocycles. The second kappa shape index (κ2) is 56.4. The van der Waals surface area contributed by atoms with Crippen LogP contribution in [-0.2, 0) is 28.6 Å². The van der Waals surface area contributed by atoms with E-state index < -0.39 is 6.10 Å². The van der Waals surface area contributed by atoms with Crippen LogP contribution in [0.3, 0.4) is 0 Å². The molecule has 0 aromatic rings. The highest BCUT2D eigenvalue weighted by molar-refractivity contribution is 5.71. The summed E-state index contributed by atoms with van der Waals surface area (Å²) in [5, 5.41) is 0. The third-order valence-corrected chi connectivity index (χ3v) is 11.7. The quantitative estimate of drug-likeness (QED) is 0.0262. The van der Waals surface area contributed by atoms with Gasteiger partial charge in [-0.05, 0) is 57.8 Å². The lowest BCUT2D eigenvalue weighted by Crippen LogP contribution is -2.30. The van der Waals surface area contributed by atoms with E-state index in [1.165, 1.54) is 103 Å². The molecule has 0 spiro atoms. The lowest BCUT2D eigenvalue weighted by Gasteiger charge is -2.18. The van der Waals surface area contributed by atoms with E-state index in [9.17, 15) is 14.4 Å². The number of hydrogen-bond acceptors (Lipinski definition) is 6. The molecule has 0 aliphatic heterocycles. The van der Waals surface area contributed by atoms with Crippen LogP contribution in [0.1, 0.15) is 239 Å². The Hall–Kier alpha value is -4.19. The molecule has 0 fully saturated rings. The van der Waals surface area contributed by atoms with Crippen LogP contribution in [0.15, 0.2) is 122 Å². The summed E-state index contributed by atoms with van der Waals surface area (Å²) >= 11 is 0. The summed E-state index contributed by atoms with van der Waals surface area (Å²) in [5.74, 6) is -0.971. The van der Waals surface area contributed by atoms with Gasteiger partial charge in [0.2, 0.25) is 0 Å². The van der Waals surface area contributed by atoms with Crippen molar-refractivity contribution in [3.05, 3.63) is 122 Å². The van der Waals surface area contributed by atoms with E-state index in [0.717, 1.165) is 96.3 Å². The number of unbranched alkanes of at least 4 members (excludes halogenated alkanes) is 26. The van der Waals surface area contributed by atoms with Crippen molar-refractivity contribution in [2.24, 2.45) is 0 Å². The number of rotatable bonds is 49. The third kappa shape index (κ3) is 54.6. The van der Waals surface area contributed by atoms with Gasteiger partial charge in [0.15, 0.2) is 6.10 Å². The topological polar surface area (TPSA) is 78.9 Å². The largest absolute Gasteiger partial charge is 0.462 e. The Morgan fingerprint density at radius 1 is 0.304 bits per heavy atom. The molecule has 6 heteroatoms. The highest BCUT2D eigenvalue weighted by Crippen LogP contribution is 2.16. The Balaban J connectivity index is 4.51. The normalized spacial score (nSPS) is 13.0. The number of ether oxygens (including phenoxy) is 3. The molecule has 1 unspecified atom stereocenters. The van der Waals surface area contributed by atoms with E-state index >= 15 is 0 Å². The van der Waals surface area contributed by atoms with Gasteiger partial charge in [0.25, 0.3) is 0 Å². The van der Waals surface area contributed by atoms with Crippen molar-refractivity contribution in [1.29, 1.82) is 0 Å². The van der Waals surface area contributed by atoms with Crippen molar-refractivity contribution < 1.29 is 28.6 Å². The minimum Gasteiger partial charge on any atom is -0.462 e. The van der Waals surface area contributed by atoms with Gasteiger partial charge in [-0.25, -0.2) is 0 Å². The van der Waals surface area contributed by atoms with Crippen molar-refractivity contribution in [3.8, 4) is 0 Å². The third-order valence-electron chi connectivity index (χ3n) is 11.7. The molecule has 0 radical (unpaired) electrons. The number of carbonyl (C=O) groups excluding carboxylic acids is 3. The first-order chi connectivity index (χ1) is 34.0. The summed E-state index contributed by atoms with van der Waals surface area (Å²) in [6.07, 6.45) is 77.5. The molecule has 0 aromatic carbocycles. The zero-order valence-corrected chi connectivity index (χ0v) is 44.5. The smallest absolute Gasteiger partial charge is 0.306 e. The Morgan fingerprint density at radius 3 is 0.957 bits per heavy atom. The maximum atomic E-state index is 12.9. The minimum absolute atomic E-state index is 0.107. The fraction of sp³-hybridized carbons (Fsp3) is 0.635. The van der Waals surface area contributed by atoms with Crippen LogP contribution >= 0.6 is 0 Å². The molecule has 0 aliphatic rings. The zero-order chi connectivity index (χ0) is 50.0. The number of esters is 3. The maximum absolute atomic E-state index is 12.9. The van der Waals surface area contributed by atoms with Crippen LogP contribution in [0, 0.1) is 0 Å². The van der Waals surface area contributed by atoms with Gasteiger partial charge in [-0.1, -0.05) is 284 Å². The van der Waals surface area contributed by atoms with E-state index in [-0.39, 0.29) is 31.1 Å². The molecule has 390 valence electrons. The number of allylic oxidation sites excluding steroid dienone is 20. The average Bonchev–Trinajstić information content (AvgIpc) is 3.35. The summed E-state index contributed by atoms with van der Waals surface area (Å²) in [5.41, 5.74) is 0. The second-order valence-electron chi connectivity index (χ2n) is 18.4. The highest BCUT2D eigenvalue weighted by Gasteiger charge is 2.19. The first kappa shape index (κ1) is 64.8. The molecule has 0 rings (SSSR count). The SMILES string of the molecule is CC\C=C/C=C\C=C/C=C\C=C/CCCCCC(=O)OCC(COC(=O)CCCCCCC\C=C/C=C\C=C/C=C\C=C/CCC)OC(=O)CCCCCCCCCCCCCCCCCCCC. The van der Waals surface area contributed by atoms with Gasteiger partial charge in [-0.3, -0.25) is 14.4 Å². The molecule has 0 heterocycles. The van der Waals surface area contributed by atoms with Crippen molar-refractivity contribution in [3.63, 3.8) is 0 Å². The molecule has 0 saturated carbocycles. The molecule has 0 saturated heterocycles. The Morgan fingerprint density at radius 2 is 0.594 bits per heavy atom. The molecule has 0 aliphatic carbocycles. The van der Waals surface area contributed by atoms with Crippen LogP contribution < -0.4 is 0 Å². The molecule has 6 nitrogen and oxygen atoms in total. The van der Waals surface area contributed by atoms with Gasteiger partial charge in [0.1, 0.15) is 13.2 Å². The predicted octanol–water partition coefficient (Wildman–Crippen LogP) is 18.9. The summed E-state index contributed by atoms with van der Waals surface area (Å²) in [7, 11) is 0. The second-order valence-corrected chi connectivity index (χ2v) is 18.4. The molecular weight excluding hydrogens is 853 g/mol. The predicted molar refractivity (Wildman–Crippen MR) is 297 cm³/mol. The number of hydrogen-bond donors (Lipinski definition) is 0. The number of carbonyl (C=O) groups is 3. The monoisotopic (exact) mass is 955 g/mol. The van der Waals surface area contributed by atoms with E-state index in [0.29, 0.717) is 19.3 Å². The van der Waals surface area contributed by atoms with Crippen molar-refractivity contribution in [2.45, 2.75) is 245 Å². The summed E-state index contributed by atoms with van der Waals surface area (Å²) in [6, 6.07) is 0. The summed E-state index contributed by atoms with van der Waals surface area (Å²) < 4.78 is 16.8. The fourth-order valence-electron chi connectivity index (χ4n) is 7.49. The first-order valence-electron chi connectivity index (χ1n) is 28.2. The summed E-state index contributed by atoms with van der Waals surface area (Å²) in [4.78, 5) is 38.1. The lowest BCUT2D eigenvalue weighted by molar-refractivity contribution is -0.167. The van der Waals surface area contributed by atoms with Crippen molar-refractivity contribution >= 4 is 17.9 Å². The fourth-order valence-corrected chi connectivity index (χ4v) is 7.49. The minimum atomic E-state index is -0.809. The van der Waals surface area contributed by atoms with Gasteiger partial charge < -0.3 is 14.2 Å². The Labute approximate surface area is 424 Å². The van der Waals surface area contributed by atoms with E-state index in [2.05, 4.69) is 69.4 Å². The van der Waals surface area contributed by atoms with Gasteiger partial charge in [0, 0.05) is 19.3 Å². The maximum Gasteiger partial charge on any atom is 0.306 e. The van der Waals surface area contributed by atoms with Crippen molar-refractivity contribution in [1.82, 2.24) is 0 Å². The van der Waals surface area contributed by atoms with Crippen LogP contribution in [0.5, 0.6) is 0 Å². The van der Waals surface area contributed by atoms with Crippen LogP contribution in [0.2, 0.25) is 0 Å². The van der Waals surface area contributed by atoms with Gasteiger partial charge in [-0.2, -0.15) is 0 Å².